The van der Waals surface area contributed by atoms with Crippen molar-refractivity contribution in [2.75, 3.05) is 0 Å². The van der Waals surface area contributed by atoms with E-state index in [4.69, 9.17) is 11.6 Å². The Balaban J connectivity index is 2.14. The number of aromatic amines is 1. The van der Waals surface area contributed by atoms with Gasteiger partial charge in [0.25, 0.3) is 5.56 Å². The average molecular weight is 297 g/mol. The number of benzene rings is 2. The van der Waals surface area contributed by atoms with E-state index in [0.717, 1.165) is 5.56 Å². The molecule has 5 nitrogen and oxygen atoms in total. The van der Waals surface area contributed by atoms with Gasteiger partial charge < -0.3 is 0 Å². The van der Waals surface area contributed by atoms with Crippen molar-refractivity contribution < 1.29 is 0 Å². The predicted octanol–water partition coefficient (Wildman–Crippen LogP) is 2.89. The van der Waals surface area contributed by atoms with Gasteiger partial charge in [-0.3, -0.25) is 4.79 Å². The van der Waals surface area contributed by atoms with Gasteiger partial charge in [-0.25, -0.2) is 9.73 Å². The normalized spacial score (nSPS) is 11.3. The zero-order valence-electron chi connectivity index (χ0n) is 10.7. The molecule has 2 aromatic heterocycles. The third-order valence-electron chi connectivity index (χ3n) is 3.37. The Hall–Kier alpha value is -2.66. The van der Waals surface area contributed by atoms with Crippen LogP contribution >= 0.6 is 11.6 Å². The molecule has 0 aliphatic rings. The van der Waals surface area contributed by atoms with Crippen LogP contribution in [0, 0.1) is 0 Å². The van der Waals surface area contributed by atoms with Crippen molar-refractivity contribution in [1.82, 2.24) is 19.8 Å². The first-order chi connectivity index (χ1) is 10.2. The van der Waals surface area contributed by atoms with E-state index in [1.807, 2.05) is 30.3 Å². The smallest absolute Gasteiger partial charge is 0.267 e. The quantitative estimate of drug-likeness (QED) is 0.587. The molecule has 0 aliphatic heterocycles. The SMILES string of the molecule is O=c1nc2c(-c3ccccc3)n[nH]n2c2cc(Cl)ccc12. The van der Waals surface area contributed by atoms with E-state index >= 15 is 0 Å². The summed E-state index contributed by atoms with van der Waals surface area (Å²) in [5.74, 6) is 0. The van der Waals surface area contributed by atoms with Gasteiger partial charge in [-0.05, 0) is 18.2 Å². The molecule has 102 valence electrons. The van der Waals surface area contributed by atoms with Crippen LogP contribution in [0.4, 0.5) is 0 Å². The fraction of sp³-hybridized carbons (Fsp3) is 0. The minimum atomic E-state index is -0.291. The molecule has 0 atom stereocenters. The molecule has 0 fully saturated rings. The van der Waals surface area contributed by atoms with Crippen LogP contribution in [0.5, 0.6) is 0 Å². The van der Waals surface area contributed by atoms with Gasteiger partial charge in [0, 0.05) is 10.6 Å². The predicted molar refractivity (Wildman–Crippen MR) is 81.6 cm³/mol. The lowest BCUT2D eigenvalue weighted by Gasteiger charge is -2.01. The molecule has 4 rings (SSSR count). The second kappa shape index (κ2) is 4.43. The first-order valence-corrected chi connectivity index (χ1v) is 6.74. The lowest BCUT2D eigenvalue weighted by molar-refractivity contribution is 0.874. The molecular weight excluding hydrogens is 288 g/mol. The Kier molecular flexibility index (Phi) is 2.55. The molecule has 2 aromatic carbocycles. The minimum absolute atomic E-state index is 0.291. The summed E-state index contributed by atoms with van der Waals surface area (Å²) in [5.41, 5.74) is 2.38. The molecule has 1 N–H and O–H groups in total. The van der Waals surface area contributed by atoms with Crippen molar-refractivity contribution >= 4 is 28.2 Å². The average Bonchev–Trinajstić information content (AvgIpc) is 2.92. The first kappa shape index (κ1) is 12.1. The van der Waals surface area contributed by atoms with Crippen molar-refractivity contribution in [3.05, 3.63) is 63.9 Å². The highest BCUT2D eigenvalue weighted by atomic mass is 35.5. The molecule has 0 saturated carbocycles. The van der Waals surface area contributed by atoms with Gasteiger partial charge in [0.05, 0.1) is 10.9 Å². The summed E-state index contributed by atoms with van der Waals surface area (Å²) in [6, 6.07) is 14.7. The number of rotatable bonds is 1. The highest BCUT2D eigenvalue weighted by Gasteiger charge is 2.13. The number of nitrogens with one attached hydrogen (secondary N) is 1. The second-order valence-electron chi connectivity index (χ2n) is 4.66. The van der Waals surface area contributed by atoms with Crippen LogP contribution in [0.1, 0.15) is 0 Å². The monoisotopic (exact) mass is 296 g/mol. The lowest BCUT2D eigenvalue weighted by Crippen LogP contribution is -2.10. The second-order valence-corrected chi connectivity index (χ2v) is 5.10. The van der Waals surface area contributed by atoms with Crippen molar-refractivity contribution in [3.8, 4) is 11.3 Å². The van der Waals surface area contributed by atoms with Crippen LogP contribution in [0.25, 0.3) is 27.8 Å². The number of aromatic nitrogens is 4. The van der Waals surface area contributed by atoms with Crippen LogP contribution < -0.4 is 5.56 Å². The van der Waals surface area contributed by atoms with Gasteiger partial charge in [-0.15, -0.1) is 0 Å². The topological polar surface area (TPSA) is 63.0 Å². The van der Waals surface area contributed by atoms with Gasteiger partial charge in [0.1, 0.15) is 5.69 Å². The van der Waals surface area contributed by atoms with Crippen LogP contribution in [0.3, 0.4) is 0 Å². The summed E-state index contributed by atoms with van der Waals surface area (Å²) in [5, 5.41) is 8.22. The molecule has 0 amide bonds. The number of hydrogen-bond donors (Lipinski definition) is 1. The highest BCUT2D eigenvalue weighted by Crippen LogP contribution is 2.23. The maximum Gasteiger partial charge on any atom is 0.281 e. The molecule has 0 spiro atoms. The van der Waals surface area contributed by atoms with Gasteiger partial charge in [0.15, 0.2) is 5.65 Å². The molecular formula is C15H9ClN4O. The van der Waals surface area contributed by atoms with E-state index in [2.05, 4.69) is 15.3 Å². The van der Waals surface area contributed by atoms with Crippen molar-refractivity contribution in [2.45, 2.75) is 0 Å². The summed E-state index contributed by atoms with van der Waals surface area (Å²) in [7, 11) is 0. The van der Waals surface area contributed by atoms with Crippen molar-refractivity contribution in [2.24, 2.45) is 0 Å². The van der Waals surface area contributed by atoms with E-state index in [0.29, 0.717) is 27.3 Å². The van der Waals surface area contributed by atoms with E-state index in [1.54, 1.807) is 22.7 Å². The maximum atomic E-state index is 12.2. The van der Waals surface area contributed by atoms with Crippen LogP contribution in [0.15, 0.2) is 53.3 Å². The Morgan fingerprint density at radius 2 is 1.90 bits per heavy atom. The largest absolute Gasteiger partial charge is 0.281 e. The molecule has 0 aliphatic carbocycles. The minimum Gasteiger partial charge on any atom is -0.267 e. The third kappa shape index (κ3) is 1.82. The molecule has 21 heavy (non-hydrogen) atoms. The number of nitrogens with zero attached hydrogens (tertiary/aromatic N) is 3. The van der Waals surface area contributed by atoms with Gasteiger partial charge in [-0.1, -0.05) is 41.9 Å². The molecule has 4 aromatic rings. The van der Waals surface area contributed by atoms with Gasteiger partial charge >= 0.3 is 0 Å². The lowest BCUT2D eigenvalue weighted by atomic mass is 10.1. The molecule has 2 heterocycles. The van der Waals surface area contributed by atoms with Gasteiger partial charge in [0.2, 0.25) is 0 Å². The van der Waals surface area contributed by atoms with Crippen LogP contribution in [-0.2, 0) is 0 Å². The van der Waals surface area contributed by atoms with Crippen LogP contribution in [-0.4, -0.2) is 19.8 Å². The standard InChI is InChI=1S/C15H9ClN4O/c16-10-6-7-11-12(8-10)20-14(17-15(11)21)13(18-19-20)9-4-2-1-3-5-9/h1-8,19H. The molecule has 0 saturated heterocycles. The highest BCUT2D eigenvalue weighted by molar-refractivity contribution is 6.31. The number of halogens is 1. The Morgan fingerprint density at radius 3 is 2.71 bits per heavy atom. The third-order valence-corrected chi connectivity index (χ3v) is 3.61. The van der Waals surface area contributed by atoms with Crippen LogP contribution in [0.2, 0.25) is 5.02 Å². The molecule has 0 bridgehead atoms. The van der Waals surface area contributed by atoms with Gasteiger partial charge in [-0.2, -0.15) is 10.1 Å². The maximum absolute atomic E-state index is 12.2. The Morgan fingerprint density at radius 1 is 1.10 bits per heavy atom. The van der Waals surface area contributed by atoms with E-state index in [9.17, 15) is 4.79 Å². The Bertz CT molecular complexity index is 1020. The number of hydrogen-bond acceptors (Lipinski definition) is 3. The van der Waals surface area contributed by atoms with E-state index in [-0.39, 0.29) is 5.56 Å². The zero-order valence-corrected chi connectivity index (χ0v) is 11.5. The zero-order chi connectivity index (χ0) is 14.4. The molecule has 6 heteroatoms. The van der Waals surface area contributed by atoms with Crippen molar-refractivity contribution in [3.63, 3.8) is 0 Å². The fourth-order valence-electron chi connectivity index (χ4n) is 2.39. The van der Waals surface area contributed by atoms with E-state index in [1.165, 1.54) is 0 Å². The summed E-state index contributed by atoms with van der Waals surface area (Å²) in [6.45, 7) is 0. The summed E-state index contributed by atoms with van der Waals surface area (Å²) in [4.78, 5) is 16.3. The number of H-pyrrole nitrogens is 1. The molecule has 0 unspecified atom stereocenters. The first-order valence-electron chi connectivity index (χ1n) is 6.36. The number of fused-ring (bicyclic) bond motifs is 3. The molecule has 0 radical (unpaired) electrons. The van der Waals surface area contributed by atoms with Crippen molar-refractivity contribution in [1.29, 1.82) is 0 Å². The summed E-state index contributed by atoms with van der Waals surface area (Å²) in [6.07, 6.45) is 0. The summed E-state index contributed by atoms with van der Waals surface area (Å²) >= 11 is 6.03. The summed E-state index contributed by atoms with van der Waals surface area (Å²) < 4.78 is 1.67. The fourth-order valence-corrected chi connectivity index (χ4v) is 2.56. The Labute approximate surface area is 123 Å². The van der Waals surface area contributed by atoms with E-state index < -0.39 is 0 Å².